The number of hydrogen-bond donors (Lipinski definition) is 0. The third kappa shape index (κ3) is 3.96. The van der Waals surface area contributed by atoms with Crippen LogP contribution in [0.2, 0.25) is 0 Å². The van der Waals surface area contributed by atoms with Crippen LogP contribution in [0.5, 0.6) is 0 Å². The minimum absolute atomic E-state index is 0.211. The van der Waals surface area contributed by atoms with Crippen molar-refractivity contribution in [2.75, 3.05) is 18.0 Å². The van der Waals surface area contributed by atoms with Crippen LogP contribution >= 0.6 is 0 Å². The Morgan fingerprint density at radius 2 is 1.62 bits per heavy atom. The predicted octanol–water partition coefficient (Wildman–Crippen LogP) is 3.98. The van der Waals surface area contributed by atoms with Gasteiger partial charge in [0.25, 0.3) is 0 Å². The number of carbonyl (C=O) groups excluding carboxylic acids is 1. The van der Waals surface area contributed by atoms with Crippen LogP contribution in [0.25, 0.3) is 0 Å². The van der Waals surface area contributed by atoms with E-state index in [2.05, 4.69) is 0 Å². The van der Waals surface area contributed by atoms with Gasteiger partial charge >= 0.3 is 19.4 Å². The van der Waals surface area contributed by atoms with Crippen molar-refractivity contribution in [3.05, 3.63) is 23.5 Å². The number of carbonyl (C=O) groups is 1. The van der Waals surface area contributed by atoms with Crippen LogP contribution < -0.4 is 10.4 Å². The van der Waals surface area contributed by atoms with E-state index < -0.39 is 47.1 Å². The van der Waals surface area contributed by atoms with E-state index in [4.69, 9.17) is 9.31 Å². The van der Waals surface area contributed by atoms with Gasteiger partial charge in [-0.2, -0.15) is 0 Å². The topological polar surface area (TPSA) is 42.0 Å². The molecule has 2 fully saturated rings. The maximum Gasteiger partial charge on any atom is 0.495 e. The molecular formula is C19H25BF4N2O3. The Balaban J connectivity index is 2.04. The third-order valence-electron chi connectivity index (χ3n) is 5.90. The van der Waals surface area contributed by atoms with Gasteiger partial charge in [0.2, 0.25) is 0 Å². The average Bonchev–Trinajstić information content (AvgIpc) is 3.15. The molecule has 0 N–H and O–H groups in total. The molecular weight excluding hydrogens is 391 g/mol. The summed E-state index contributed by atoms with van der Waals surface area (Å²) in [5.74, 6) is -1.13. The lowest BCUT2D eigenvalue weighted by Gasteiger charge is -2.32. The van der Waals surface area contributed by atoms with Gasteiger partial charge < -0.3 is 14.2 Å². The Morgan fingerprint density at radius 1 is 1.10 bits per heavy atom. The van der Waals surface area contributed by atoms with Gasteiger partial charge in [0.1, 0.15) is 5.82 Å². The van der Waals surface area contributed by atoms with Gasteiger partial charge in [-0.1, -0.05) is 0 Å². The zero-order chi connectivity index (χ0) is 21.8. The Kier molecular flexibility index (Phi) is 5.40. The normalized spacial score (nSPS) is 21.0. The van der Waals surface area contributed by atoms with Crippen LogP contribution in [0.15, 0.2) is 12.1 Å². The predicted molar refractivity (Wildman–Crippen MR) is 102 cm³/mol. The standard InChI is InChI=1S/C19H25BF4N2O3/c1-12-10-14(21)15(11-13(12)20-28-17(2,3)18(4,5)29-20)26(19(22,23)24)16(27)25-8-6-7-9-25/h10-11H,6-9H2,1-5H3. The Bertz CT molecular complexity index is 791. The fraction of sp³-hybridized carbons (Fsp3) is 0.632. The van der Waals surface area contributed by atoms with Crippen molar-refractivity contribution in [3.8, 4) is 0 Å². The summed E-state index contributed by atoms with van der Waals surface area (Å²) in [6, 6.07) is 0.706. The monoisotopic (exact) mass is 416 g/mol. The second kappa shape index (κ2) is 7.16. The van der Waals surface area contributed by atoms with Gasteiger partial charge in [-0.3, -0.25) is 0 Å². The number of anilines is 1. The van der Waals surface area contributed by atoms with E-state index in [0.717, 1.165) is 17.0 Å². The molecule has 5 nitrogen and oxygen atoms in total. The zero-order valence-electron chi connectivity index (χ0n) is 17.2. The molecule has 0 aromatic heterocycles. The van der Waals surface area contributed by atoms with Gasteiger partial charge in [-0.05, 0) is 70.6 Å². The second-order valence-corrected chi connectivity index (χ2v) is 8.53. The molecule has 10 heteroatoms. The summed E-state index contributed by atoms with van der Waals surface area (Å²) in [5.41, 5.74) is -1.66. The maximum atomic E-state index is 14.7. The molecule has 0 radical (unpaired) electrons. The highest BCUT2D eigenvalue weighted by atomic mass is 19.4. The van der Waals surface area contributed by atoms with Crippen molar-refractivity contribution >= 4 is 24.3 Å². The van der Waals surface area contributed by atoms with Gasteiger partial charge in [0, 0.05) is 13.1 Å². The number of hydrogen-bond acceptors (Lipinski definition) is 3. The lowest BCUT2D eigenvalue weighted by Crippen LogP contribution is -2.50. The molecule has 2 aliphatic heterocycles. The number of likely N-dealkylation sites (tertiary alicyclic amines) is 1. The summed E-state index contributed by atoms with van der Waals surface area (Å²) < 4.78 is 67.9. The number of benzene rings is 1. The van der Waals surface area contributed by atoms with E-state index in [0.29, 0.717) is 18.4 Å². The van der Waals surface area contributed by atoms with Gasteiger partial charge in [0.15, 0.2) is 0 Å². The Morgan fingerprint density at radius 3 is 2.10 bits per heavy atom. The highest BCUT2D eigenvalue weighted by Crippen LogP contribution is 2.38. The van der Waals surface area contributed by atoms with E-state index in [1.165, 1.54) is 0 Å². The van der Waals surface area contributed by atoms with Crippen molar-refractivity contribution in [2.45, 2.75) is 65.0 Å². The molecule has 0 unspecified atom stereocenters. The van der Waals surface area contributed by atoms with Crippen LogP contribution in [0.4, 0.5) is 28.0 Å². The molecule has 1 aromatic rings. The van der Waals surface area contributed by atoms with Crippen molar-refractivity contribution in [1.82, 2.24) is 4.90 Å². The van der Waals surface area contributed by atoms with Crippen LogP contribution in [-0.2, 0) is 9.31 Å². The first-order chi connectivity index (χ1) is 13.2. The fourth-order valence-corrected chi connectivity index (χ4v) is 3.47. The molecule has 2 amide bonds. The molecule has 0 aliphatic carbocycles. The molecule has 29 heavy (non-hydrogen) atoms. The minimum atomic E-state index is -5.08. The number of rotatable bonds is 2. The molecule has 0 bridgehead atoms. The molecule has 0 saturated carbocycles. The van der Waals surface area contributed by atoms with Crippen LogP contribution in [-0.4, -0.2) is 48.6 Å². The minimum Gasteiger partial charge on any atom is -0.399 e. The first-order valence-electron chi connectivity index (χ1n) is 9.56. The van der Waals surface area contributed by atoms with Gasteiger partial charge in [-0.15, -0.1) is 13.2 Å². The number of urea groups is 1. The van der Waals surface area contributed by atoms with Crippen LogP contribution in [0.1, 0.15) is 46.1 Å². The molecule has 1 aromatic carbocycles. The molecule has 160 valence electrons. The van der Waals surface area contributed by atoms with Crippen molar-refractivity contribution in [3.63, 3.8) is 0 Å². The van der Waals surface area contributed by atoms with Gasteiger partial charge in [-0.25, -0.2) is 14.1 Å². The summed E-state index contributed by atoms with van der Waals surface area (Å²) >= 11 is 0. The molecule has 2 heterocycles. The highest BCUT2D eigenvalue weighted by molar-refractivity contribution is 6.62. The lowest BCUT2D eigenvalue weighted by molar-refractivity contribution is -0.123. The Labute approximate surface area is 168 Å². The van der Waals surface area contributed by atoms with Crippen molar-refractivity contribution in [2.24, 2.45) is 0 Å². The smallest absolute Gasteiger partial charge is 0.399 e. The van der Waals surface area contributed by atoms with E-state index in [9.17, 15) is 22.4 Å². The quantitative estimate of drug-likeness (QED) is 0.416. The largest absolute Gasteiger partial charge is 0.495 e. The second-order valence-electron chi connectivity index (χ2n) is 8.53. The number of halogens is 4. The summed E-state index contributed by atoms with van der Waals surface area (Å²) in [4.78, 5) is 13.2. The van der Waals surface area contributed by atoms with E-state index >= 15 is 0 Å². The summed E-state index contributed by atoms with van der Waals surface area (Å²) in [6.07, 6.45) is -3.84. The number of alkyl halides is 3. The van der Waals surface area contributed by atoms with E-state index in [1.54, 1.807) is 6.92 Å². The summed E-state index contributed by atoms with van der Waals surface area (Å²) in [5, 5.41) is 0. The number of amides is 2. The van der Waals surface area contributed by atoms with E-state index in [-0.39, 0.29) is 18.6 Å². The molecule has 2 aliphatic rings. The summed E-state index contributed by atoms with van der Waals surface area (Å²) in [6.45, 7) is 9.23. The number of aryl methyl sites for hydroxylation is 1. The molecule has 0 atom stereocenters. The van der Waals surface area contributed by atoms with E-state index in [1.807, 2.05) is 27.7 Å². The van der Waals surface area contributed by atoms with Gasteiger partial charge in [0.05, 0.1) is 16.9 Å². The first kappa shape index (κ1) is 21.9. The fourth-order valence-electron chi connectivity index (χ4n) is 3.47. The maximum absolute atomic E-state index is 14.7. The van der Waals surface area contributed by atoms with Crippen molar-refractivity contribution in [1.29, 1.82) is 0 Å². The first-order valence-corrected chi connectivity index (χ1v) is 9.56. The SMILES string of the molecule is Cc1cc(F)c(N(C(=O)N2CCCC2)C(F)(F)F)cc1B1OC(C)(C)C(C)(C)O1. The molecule has 0 spiro atoms. The average molecular weight is 416 g/mol. The van der Waals surface area contributed by atoms with Crippen LogP contribution in [0, 0.1) is 12.7 Å². The van der Waals surface area contributed by atoms with Crippen molar-refractivity contribution < 1.29 is 31.7 Å². The zero-order valence-corrected chi connectivity index (χ0v) is 17.2. The number of nitrogens with zero attached hydrogens (tertiary/aromatic N) is 2. The van der Waals surface area contributed by atoms with Crippen LogP contribution in [0.3, 0.4) is 0 Å². The highest BCUT2D eigenvalue weighted by Gasteiger charge is 2.53. The Hall–Kier alpha value is -1.81. The summed E-state index contributed by atoms with van der Waals surface area (Å²) in [7, 11) is -0.976. The third-order valence-corrected chi connectivity index (χ3v) is 5.90. The molecule has 3 rings (SSSR count). The lowest BCUT2D eigenvalue weighted by atomic mass is 9.76. The molecule has 2 saturated heterocycles.